The predicted molar refractivity (Wildman–Crippen MR) is 98.9 cm³/mol. The largest absolute Gasteiger partial charge is 0.495 e. The first kappa shape index (κ1) is 16.6. The molecule has 1 aliphatic rings. The normalized spacial score (nSPS) is 20.1. The summed E-state index contributed by atoms with van der Waals surface area (Å²) in [7, 11) is 1.60. The monoisotopic (exact) mass is 354 g/mol. The molecule has 0 spiro atoms. The molecule has 136 valence electrons. The summed E-state index contributed by atoms with van der Waals surface area (Å²) in [6, 6.07) is 8.04. The number of rotatable bonds is 5. The maximum Gasteiger partial charge on any atom is 0.247 e. The Labute approximate surface area is 151 Å². The molecule has 0 radical (unpaired) electrons. The van der Waals surface area contributed by atoms with E-state index in [1.54, 1.807) is 24.0 Å². The second kappa shape index (κ2) is 7.17. The van der Waals surface area contributed by atoms with Crippen LogP contribution in [0, 0.1) is 0 Å². The first-order valence-electron chi connectivity index (χ1n) is 8.78. The van der Waals surface area contributed by atoms with Crippen molar-refractivity contribution in [2.75, 3.05) is 17.7 Å². The van der Waals surface area contributed by atoms with E-state index < -0.39 is 0 Å². The van der Waals surface area contributed by atoms with Gasteiger partial charge in [0, 0.05) is 12.1 Å². The van der Waals surface area contributed by atoms with Gasteiger partial charge in [0.2, 0.25) is 5.95 Å². The van der Waals surface area contributed by atoms with Gasteiger partial charge in [0.25, 0.3) is 0 Å². The highest BCUT2D eigenvalue weighted by molar-refractivity contribution is 5.58. The second-order valence-corrected chi connectivity index (χ2v) is 6.50. The fourth-order valence-electron chi connectivity index (χ4n) is 3.22. The molecule has 1 saturated carbocycles. The Morgan fingerprint density at radius 3 is 2.85 bits per heavy atom. The zero-order valence-electron chi connectivity index (χ0n) is 14.6. The number of fused-ring (bicyclic) bond motifs is 1. The summed E-state index contributed by atoms with van der Waals surface area (Å²) >= 11 is 0. The Balaban J connectivity index is 1.55. The standard InChI is InChI=1S/C18H22N6O2/c1-26-15-9-13(10-19-11-15)21-18-22-17-4-2-3-16(24(17)23-18)20-12-5-7-14(25)8-6-12/h2-4,9-12,14,20,25H,5-8H2,1H3,(H,21,23)/t12-,14+. The van der Waals surface area contributed by atoms with Crippen molar-refractivity contribution in [3.05, 3.63) is 36.7 Å². The molecule has 1 fully saturated rings. The SMILES string of the molecule is COc1cncc(Nc2nc3cccc(N[C@H]4CC[C@@H](O)CC4)n3n2)c1. The maximum atomic E-state index is 9.67. The molecular formula is C18H22N6O2. The fraction of sp³-hybridized carbons (Fsp3) is 0.389. The van der Waals surface area contributed by atoms with Crippen LogP contribution in [0.2, 0.25) is 0 Å². The molecule has 8 nitrogen and oxygen atoms in total. The van der Waals surface area contributed by atoms with Crippen LogP contribution in [0.5, 0.6) is 5.75 Å². The highest BCUT2D eigenvalue weighted by Crippen LogP contribution is 2.23. The van der Waals surface area contributed by atoms with Crippen LogP contribution in [0.25, 0.3) is 5.65 Å². The number of hydrogen-bond donors (Lipinski definition) is 3. The van der Waals surface area contributed by atoms with E-state index in [4.69, 9.17) is 4.74 Å². The minimum Gasteiger partial charge on any atom is -0.495 e. The maximum absolute atomic E-state index is 9.67. The van der Waals surface area contributed by atoms with E-state index in [0.717, 1.165) is 42.8 Å². The van der Waals surface area contributed by atoms with Gasteiger partial charge in [-0.05, 0) is 37.8 Å². The molecule has 0 bridgehead atoms. The Kier molecular flexibility index (Phi) is 4.57. The topological polar surface area (TPSA) is 96.6 Å². The summed E-state index contributed by atoms with van der Waals surface area (Å²) in [4.78, 5) is 8.65. The summed E-state index contributed by atoms with van der Waals surface area (Å²) in [6.45, 7) is 0. The van der Waals surface area contributed by atoms with Crippen LogP contribution >= 0.6 is 0 Å². The van der Waals surface area contributed by atoms with Gasteiger partial charge in [0.15, 0.2) is 5.65 Å². The highest BCUT2D eigenvalue weighted by Gasteiger charge is 2.20. The summed E-state index contributed by atoms with van der Waals surface area (Å²) in [5, 5.41) is 20.9. The Bertz CT molecular complexity index is 888. The van der Waals surface area contributed by atoms with Gasteiger partial charge in [-0.25, -0.2) is 0 Å². The zero-order chi connectivity index (χ0) is 17.9. The molecule has 0 aliphatic heterocycles. The van der Waals surface area contributed by atoms with E-state index >= 15 is 0 Å². The Hall–Kier alpha value is -2.87. The lowest BCUT2D eigenvalue weighted by Crippen LogP contribution is -2.29. The molecule has 3 N–H and O–H groups in total. The average molecular weight is 354 g/mol. The first-order chi connectivity index (χ1) is 12.7. The van der Waals surface area contributed by atoms with Crippen LogP contribution < -0.4 is 15.4 Å². The molecule has 3 aromatic heterocycles. The fourth-order valence-corrected chi connectivity index (χ4v) is 3.22. The van der Waals surface area contributed by atoms with Crippen molar-refractivity contribution >= 4 is 23.1 Å². The van der Waals surface area contributed by atoms with Gasteiger partial charge in [-0.3, -0.25) is 4.98 Å². The van der Waals surface area contributed by atoms with Gasteiger partial charge in [0.05, 0.1) is 31.3 Å². The van der Waals surface area contributed by atoms with Crippen molar-refractivity contribution in [1.29, 1.82) is 0 Å². The number of hydrogen-bond acceptors (Lipinski definition) is 7. The molecule has 0 amide bonds. The summed E-state index contributed by atoms with van der Waals surface area (Å²) in [5.74, 6) is 2.06. The highest BCUT2D eigenvalue weighted by atomic mass is 16.5. The van der Waals surface area contributed by atoms with Crippen molar-refractivity contribution in [2.45, 2.75) is 37.8 Å². The molecular weight excluding hydrogens is 332 g/mol. The van der Waals surface area contributed by atoms with E-state index in [1.165, 1.54) is 0 Å². The van der Waals surface area contributed by atoms with Crippen LogP contribution in [0.1, 0.15) is 25.7 Å². The summed E-state index contributed by atoms with van der Waals surface area (Å²) in [6.07, 6.45) is 6.75. The smallest absolute Gasteiger partial charge is 0.247 e. The average Bonchev–Trinajstić information content (AvgIpc) is 3.07. The van der Waals surface area contributed by atoms with Crippen molar-refractivity contribution in [3.63, 3.8) is 0 Å². The quantitative estimate of drug-likeness (QED) is 0.648. The van der Waals surface area contributed by atoms with E-state index in [1.807, 2.05) is 24.3 Å². The van der Waals surface area contributed by atoms with E-state index in [2.05, 4.69) is 25.7 Å². The van der Waals surface area contributed by atoms with Crippen LogP contribution in [-0.4, -0.2) is 43.9 Å². The van der Waals surface area contributed by atoms with Crippen LogP contribution in [-0.2, 0) is 0 Å². The number of nitrogens with one attached hydrogen (secondary N) is 2. The number of ether oxygens (including phenoxy) is 1. The van der Waals surface area contributed by atoms with Crippen LogP contribution in [0.4, 0.5) is 17.5 Å². The molecule has 0 aromatic carbocycles. The number of pyridine rings is 2. The number of aromatic nitrogens is 4. The molecule has 0 saturated heterocycles. The van der Waals surface area contributed by atoms with Crippen molar-refractivity contribution in [1.82, 2.24) is 19.6 Å². The number of aliphatic hydroxyl groups is 1. The Morgan fingerprint density at radius 1 is 1.19 bits per heavy atom. The van der Waals surface area contributed by atoms with Gasteiger partial charge in [-0.15, -0.1) is 5.10 Å². The molecule has 3 heterocycles. The molecule has 3 aromatic rings. The summed E-state index contributed by atoms with van der Waals surface area (Å²) < 4.78 is 6.98. The third-order valence-corrected chi connectivity index (χ3v) is 4.61. The van der Waals surface area contributed by atoms with Gasteiger partial charge < -0.3 is 20.5 Å². The minimum absolute atomic E-state index is 0.164. The first-order valence-corrected chi connectivity index (χ1v) is 8.78. The third-order valence-electron chi connectivity index (χ3n) is 4.61. The molecule has 0 unspecified atom stereocenters. The minimum atomic E-state index is -0.164. The number of anilines is 3. The lowest BCUT2D eigenvalue weighted by atomic mass is 9.93. The van der Waals surface area contributed by atoms with Crippen molar-refractivity contribution < 1.29 is 9.84 Å². The van der Waals surface area contributed by atoms with E-state index in [0.29, 0.717) is 17.7 Å². The van der Waals surface area contributed by atoms with E-state index in [-0.39, 0.29) is 6.10 Å². The van der Waals surface area contributed by atoms with Crippen molar-refractivity contribution in [2.24, 2.45) is 0 Å². The van der Waals surface area contributed by atoms with E-state index in [9.17, 15) is 5.11 Å². The number of aliphatic hydroxyl groups excluding tert-OH is 1. The third kappa shape index (κ3) is 3.55. The lowest BCUT2D eigenvalue weighted by molar-refractivity contribution is 0.126. The molecule has 1 aliphatic carbocycles. The lowest BCUT2D eigenvalue weighted by Gasteiger charge is -2.26. The van der Waals surface area contributed by atoms with Crippen molar-refractivity contribution in [3.8, 4) is 5.75 Å². The van der Waals surface area contributed by atoms with Gasteiger partial charge in [-0.2, -0.15) is 9.50 Å². The van der Waals surface area contributed by atoms with Crippen LogP contribution in [0.3, 0.4) is 0 Å². The molecule has 4 rings (SSSR count). The summed E-state index contributed by atoms with van der Waals surface area (Å²) in [5.41, 5.74) is 1.51. The second-order valence-electron chi connectivity index (χ2n) is 6.50. The zero-order valence-corrected chi connectivity index (χ0v) is 14.6. The predicted octanol–water partition coefficient (Wildman–Crippen LogP) is 2.59. The molecule has 0 atom stereocenters. The molecule has 26 heavy (non-hydrogen) atoms. The van der Waals surface area contributed by atoms with Crippen LogP contribution in [0.15, 0.2) is 36.7 Å². The van der Waals surface area contributed by atoms with Gasteiger partial charge in [0.1, 0.15) is 11.6 Å². The van der Waals surface area contributed by atoms with Gasteiger partial charge >= 0.3 is 0 Å². The number of methoxy groups -OCH3 is 1. The number of nitrogens with zero attached hydrogens (tertiary/aromatic N) is 4. The Morgan fingerprint density at radius 2 is 2.04 bits per heavy atom. The van der Waals surface area contributed by atoms with Gasteiger partial charge in [-0.1, -0.05) is 6.07 Å². The molecule has 8 heteroatoms.